The lowest BCUT2D eigenvalue weighted by atomic mass is 10.2. The van der Waals surface area contributed by atoms with E-state index in [0.29, 0.717) is 5.82 Å². The molecule has 162 valence electrons. The molecular formula is C26H27N5O. The molecule has 2 heterocycles. The van der Waals surface area contributed by atoms with Crippen molar-refractivity contribution < 1.29 is 4.74 Å². The van der Waals surface area contributed by atoms with Crippen molar-refractivity contribution in [2.75, 3.05) is 37.0 Å². The molecule has 0 saturated carbocycles. The fraction of sp³-hybridized carbons (Fsp3) is 0.192. The van der Waals surface area contributed by atoms with E-state index >= 15 is 0 Å². The monoisotopic (exact) mass is 425 g/mol. The number of para-hydroxylation sites is 1. The molecule has 6 nitrogen and oxygen atoms in total. The summed E-state index contributed by atoms with van der Waals surface area (Å²) < 4.78 is 5.42. The van der Waals surface area contributed by atoms with Gasteiger partial charge in [-0.3, -0.25) is 4.98 Å². The average Bonchev–Trinajstić information content (AvgIpc) is 2.86. The molecule has 0 unspecified atom stereocenters. The molecule has 0 spiro atoms. The van der Waals surface area contributed by atoms with Crippen LogP contribution in [0.5, 0.6) is 5.75 Å². The molecule has 0 aliphatic rings. The Morgan fingerprint density at radius 1 is 0.969 bits per heavy atom. The number of benzene rings is 2. The van der Waals surface area contributed by atoms with E-state index in [1.807, 2.05) is 54.6 Å². The Morgan fingerprint density at radius 2 is 1.81 bits per heavy atom. The molecule has 0 fully saturated rings. The van der Waals surface area contributed by atoms with Crippen molar-refractivity contribution in [2.45, 2.75) is 6.92 Å². The number of fused-ring (bicyclic) bond motifs is 1. The molecule has 0 radical (unpaired) electrons. The van der Waals surface area contributed by atoms with Gasteiger partial charge in [0.15, 0.2) is 5.82 Å². The number of methoxy groups -OCH3 is 1. The Kier molecular flexibility index (Phi) is 6.92. The van der Waals surface area contributed by atoms with Crippen LogP contribution in [0, 0.1) is 0 Å². The van der Waals surface area contributed by atoms with Crippen LogP contribution >= 0.6 is 0 Å². The van der Waals surface area contributed by atoms with Crippen molar-refractivity contribution in [3.63, 3.8) is 0 Å². The Labute approximate surface area is 188 Å². The smallest absolute Gasteiger partial charge is 0.155 e. The number of hydrogen-bond acceptors (Lipinski definition) is 6. The summed E-state index contributed by atoms with van der Waals surface area (Å²) in [4.78, 5) is 16.1. The molecule has 0 amide bonds. The number of likely N-dealkylation sites (N-methyl/N-ethyl adjacent to an activating group) is 1. The van der Waals surface area contributed by atoms with Gasteiger partial charge < -0.3 is 15.0 Å². The van der Waals surface area contributed by atoms with E-state index in [0.717, 1.165) is 47.8 Å². The van der Waals surface area contributed by atoms with Gasteiger partial charge in [-0.05, 0) is 61.5 Å². The lowest BCUT2D eigenvalue weighted by Gasteiger charge is -2.23. The van der Waals surface area contributed by atoms with Gasteiger partial charge in [0.2, 0.25) is 0 Å². The Bertz CT molecular complexity index is 1180. The van der Waals surface area contributed by atoms with Crippen LogP contribution < -0.4 is 15.0 Å². The second kappa shape index (κ2) is 10.4. The van der Waals surface area contributed by atoms with Crippen LogP contribution in [-0.4, -0.2) is 41.7 Å². The van der Waals surface area contributed by atoms with Crippen molar-refractivity contribution in [3.8, 4) is 5.75 Å². The molecule has 4 aromatic rings. The van der Waals surface area contributed by atoms with Gasteiger partial charge in [0.1, 0.15) is 11.6 Å². The topological polar surface area (TPSA) is 63.2 Å². The average molecular weight is 426 g/mol. The highest BCUT2D eigenvalue weighted by atomic mass is 16.5. The Morgan fingerprint density at radius 3 is 2.56 bits per heavy atom. The predicted molar refractivity (Wildman–Crippen MR) is 132 cm³/mol. The summed E-state index contributed by atoms with van der Waals surface area (Å²) in [6, 6.07) is 22.1. The zero-order valence-corrected chi connectivity index (χ0v) is 18.4. The molecule has 6 heteroatoms. The number of ether oxygens (including phenoxy) is 1. The molecule has 0 bridgehead atoms. The zero-order valence-electron chi connectivity index (χ0n) is 18.4. The standard InChI is InChI=1S/C26H27N5O/c1-3-31(21-10-5-4-6-11-21)18-17-28-26-23-19-22(32-2)13-14-24(23)29-25(30-26)15-12-20-9-7-8-16-27-20/h4-16,19H,3,17-18H2,1-2H3,(H,28,29,30)/b15-12+. The molecular weight excluding hydrogens is 398 g/mol. The number of nitrogens with one attached hydrogen (secondary N) is 1. The summed E-state index contributed by atoms with van der Waals surface area (Å²) in [5, 5.41) is 4.45. The maximum atomic E-state index is 5.42. The summed E-state index contributed by atoms with van der Waals surface area (Å²) >= 11 is 0. The van der Waals surface area contributed by atoms with Gasteiger partial charge in [-0.2, -0.15) is 0 Å². The first-order chi connectivity index (χ1) is 15.8. The van der Waals surface area contributed by atoms with Gasteiger partial charge in [-0.25, -0.2) is 9.97 Å². The van der Waals surface area contributed by atoms with Gasteiger partial charge in [-0.1, -0.05) is 24.3 Å². The summed E-state index contributed by atoms with van der Waals surface area (Å²) in [6.45, 7) is 4.70. The number of aromatic nitrogens is 3. The van der Waals surface area contributed by atoms with Crippen molar-refractivity contribution in [1.29, 1.82) is 0 Å². The molecule has 1 N–H and O–H groups in total. The lowest BCUT2D eigenvalue weighted by Crippen LogP contribution is -2.28. The highest BCUT2D eigenvalue weighted by molar-refractivity contribution is 5.91. The molecule has 2 aromatic carbocycles. The zero-order chi connectivity index (χ0) is 22.2. The van der Waals surface area contributed by atoms with Crippen LogP contribution in [0.25, 0.3) is 23.1 Å². The van der Waals surface area contributed by atoms with E-state index < -0.39 is 0 Å². The lowest BCUT2D eigenvalue weighted by molar-refractivity contribution is 0.415. The van der Waals surface area contributed by atoms with Crippen LogP contribution in [0.15, 0.2) is 72.9 Å². The van der Waals surface area contributed by atoms with Crippen LogP contribution in [0.1, 0.15) is 18.4 Å². The quantitative estimate of drug-likeness (QED) is 0.400. The molecule has 0 atom stereocenters. The fourth-order valence-electron chi connectivity index (χ4n) is 3.51. The predicted octanol–water partition coefficient (Wildman–Crippen LogP) is 5.14. The first kappa shape index (κ1) is 21.3. The minimum Gasteiger partial charge on any atom is -0.497 e. The molecule has 0 aliphatic carbocycles. The molecule has 2 aromatic heterocycles. The molecule has 4 rings (SSSR count). The number of hydrogen-bond donors (Lipinski definition) is 1. The van der Waals surface area contributed by atoms with Crippen molar-refractivity contribution >= 4 is 34.6 Å². The first-order valence-electron chi connectivity index (χ1n) is 10.8. The third-order valence-electron chi connectivity index (χ3n) is 5.19. The first-order valence-corrected chi connectivity index (χ1v) is 10.8. The minimum atomic E-state index is 0.631. The van der Waals surface area contributed by atoms with Crippen molar-refractivity contribution in [1.82, 2.24) is 15.0 Å². The normalized spacial score (nSPS) is 11.1. The van der Waals surface area contributed by atoms with Gasteiger partial charge in [-0.15, -0.1) is 0 Å². The van der Waals surface area contributed by atoms with E-state index in [1.165, 1.54) is 5.69 Å². The van der Waals surface area contributed by atoms with Gasteiger partial charge in [0, 0.05) is 36.9 Å². The Hall–Kier alpha value is -3.93. The molecule has 0 aliphatic heterocycles. The van der Waals surface area contributed by atoms with Crippen LogP contribution in [-0.2, 0) is 0 Å². The second-order valence-corrected chi connectivity index (χ2v) is 7.24. The van der Waals surface area contributed by atoms with E-state index in [2.05, 4.69) is 46.4 Å². The van der Waals surface area contributed by atoms with Crippen molar-refractivity contribution in [3.05, 3.63) is 84.4 Å². The number of pyridine rings is 1. The summed E-state index contributed by atoms with van der Waals surface area (Å²) in [6.07, 6.45) is 5.58. The van der Waals surface area contributed by atoms with E-state index in [-0.39, 0.29) is 0 Å². The summed E-state index contributed by atoms with van der Waals surface area (Å²) in [5.41, 5.74) is 2.94. The van der Waals surface area contributed by atoms with Gasteiger partial charge >= 0.3 is 0 Å². The van der Waals surface area contributed by atoms with Gasteiger partial charge in [0.25, 0.3) is 0 Å². The summed E-state index contributed by atoms with van der Waals surface area (Å²) in [7, 11) is 1.66. The fourth-order valence-corrected chi connectivity index (χ4v) is 3.51. The van der Waals surface area contributed by atoms with Crippen LogP contribution in [0.3, 0.4) is 0 Å². The van der Waals surface area contributed by atoms with Crippen LogP contribution in [0.2, 0.25) is 0 Å². The van der Waals surface area contributed by atoms with E-state index in [1.54, 1.807) is 13.3 Å². The maximum absolute atomic E-state index is 5.42. The van der Waals surface area contributed by atoms with Gasteiger partial charge in [0.05, 0.1) is 18.3 Å². The number of rotatable bonds is 9. The SMILES string of the molecule is CCN(CCNc1nc(/C=C/c2ccccn2)nc2ccc(OC)cc12)c1ccccc1. The number of nitrogens with zero attached hydrogens (tertiary/aromatic N) is 4. The van der Waals surface area contributed by atoms with E-state index in [9.17, 15) is 0 Å². The Balaban J connectivity index is 1.58. The molecule has 0 saturated heterocycles. The van der Waals surface area contributed by atoms with Crippen LogP contribution in [0.4, 0.5) is 11.5 Å². The van der Waals surface area contributed by atoms with E-state index in [4.69, 9.17) is 14.7 Å². The minimum absolute atomic E-state index is 0.631. The third kappa shape index (κ3) is 5.21. The highest BCUT2D eigenvalue weighted by Crippen LogP contribution is 2.26. The maximum Gasteiger partial charge on any atom is 0.155 e. The summed E-state index contributed by atoms with van der Waals surface area (Å²) in [5.74, 6) is 2.20. The molecule has 32 heavy (non-hydrogen) atoms. The second-order valence-electron chi connectivity index (χ2n) is 7.24. The van der Waals surface area contributed by atoms with Crippen molar-refractivity contribution in [2.24, 2.45) is 0 Å². The largest absolute Gasteiger partial charge is 0.497 e. The number of anilines is 2. The third-order valence-corrected chi connectivity index (χ3v) is 5.19. The highest BCUT2D eigenvalue weighted by Gasteiger charge is 2.09.